The Hall–Kier alpha value is -5.92. The molecule has 0 aliphatic carbocycles. The minimum absolute atomic E-state index is 0.0150. The second kappa shape index (κ2) is 24.2. The van der Waals surface area contributed by atoms with Crippen LogP contribution in [0.1, 0.15) is 120 Å². The molecule has 0 unspecified atom stereocenters. The van der Waals surface area contributed by atoms with Crippen molar-refractivity contribution in [2.24, 2.45) is 23.7 Å². The highest BCUT2D eigenvalue weighted by atomic mass is 16.5. The van der Waals surface area contributed by atoms with E-state index >= 15 is 0 Å². The summed E-state index contributed by atoms with van der Waals surface area (Å²) in [4.78, 5) is 52.6. The van der Waals surface area contributed by atoms with Crippen molar-refractivity contribution in [3.8, 4) is 23.0 Å². The molecule has 0 amide bonds. The average molecular weight is 891 g/mol. The topological polar surface area (TPSA) is 188 Å². The number of phenolic OH excluding ortho intramolecular Hbond substituents is 2. The fourth-order valence-electron chi connectivity index (χ4n) is 6.98. The van der Waals surface area contributed by atoms with E-state index in [0.29, 0.717) is 69.4 Å². The van der Waals surface area contributed by atoms with E-state index in [1.165, 1.54) is 12.1 Å². The number of allylic oxidation sites excluding steroid dienone is 4. The Kier molecular flexibility index (Phi) is 19.8. The number of ether oxygens (including phenoxy) is 6. The molecule has 2 aromatic carbocycles. The molecule has 0 fully saturated rings. The lowest BCUT2D eigenvalue weighted by Gasteiger charge is -2.31. The highest BCUT2D eigenvalue weighted by Crippen LogP contribution is 2.43. The van der Waals surface area contributed by atoms with Gasteiger partial charge in [0.1, 0.15) is 0 Å². The molecule has 0 radical (unpaired) electrons. The number of carbonyl (C=O) groups is 4. The Morgan fingerprint density at radius 3 is 0.953 bits per heavy atom. The second-order valence-electron chi connectivity index (χ2n) is 17.6. The maximum absolute atomic E-state index is 13.1. The van der Waals surface area contributed by atoms with Gasteiger partial charge in [-0.3, -0.25) is 0 Å². The largest absolute Gasteiger partial charge is 0.504 e. The summed E-state index contributed by atoms with van der Waals surface area (Å²) in [5, 5.41) is 26.6. The normalized spacial score (nSPS) is 14.7. The van der Waals surface area contributed by atoms with Gasteiger partial charge in [-0.25, -0.2) is 19.2 Å². The molecule has 2 heterocycles. The summed E-state index contributed by atoms with van der Waals surface area (Å²) in [7, 11) is 0. The van der Waals surface area contributed by atoms with Crippen LogP contribution in [0.5, 0.6) is 23.0 Å². The molecule has 0 spiro atoms. The third kappa shape index (κ3) is 14.0. The average Bonchev–Trinajstić information content (AvgIpc) is 3.21. The number of benzene rings is 2. The van der Waals surface area contributed by atoms with E-state index in [9.17, 15) is 29.4 Å². The van der Waals surface area contributed by atoms with Crippen molar-refractivity contribution >= 4 is 23.9 Å². The van der Waals surface area contributed by atoms with Gasteiger partial charge >= 0.3 is 23.9 Å². The number of nitrogens with one attached hydrogen (secondary N) is 2. The van der Waals surface area contributed by atoms with Gasteiger partial charge in [-0.2, -0.15) is 0 Å². The van der Waals surface area contributed by atoms with Gasteiger partial charge in [-0.15, -0.1) is 0 Å². The lowest BCUT2D eigenvalue weighted by molar-refractivity contribution is -0.143. The van der Waals surface area contributed by atoms with Gasteiger partial charge in [0.05, 0.1) is 73.8 Å². The van der Waals surface area contributed by atoms with Crippen molar-refractivity contribution in [1.82, 2.24) is 10.6 Å². The van der Waals surface area contributed by atoms with Crippen LogP contribution < -0.4 is 20.1 Å². The summed E-state index contributed by atoms with van der Waals surface area (Å²) in [5.74, 6) is -2.25. The highest BCUT2D eigenvalue weighted by molar-refractivity contribution is 6.01. The summed E-state index contributed by atoms with van der Waals surface area (Å²) in [6.45, 7) is 28.2. The van der Waals surface area contributed by atoms with Crippen LogP contribution >= 0.6 is 0 Å². The first-order valence-corrected chi connectivity index (χ1v) is 22.1. The van der Waals surface area contributed by atoms with E-state index in [2.05, 4.69) is 10.6 Å². The third-order valence-corrected chi connectivity index (χ3v) is 9.83. The van der Waals surface area contributed by atoms with Crippen LogP contribution in [0.3, 0.4) is 0 Å². The summed E-state index contributed by atoms with van der Waals surface area (Å²) in [6.07, 6.45) is 0. The lowest BCUT2D eigenvalue weighted by atomic mass is 9.80. The maximum Gasteiger partial charge on any atom is 0.336 e. The van der Waals surface area contributed by atoms with Gasteiger partial charge in [0.25, 0.3) is 0 Å². The van der Waals surface area contributed by atoms with Gasteiger partial charge < -0.3 is 49.3 Å². The predicted octanol–water partition coefficient (Wildman–Crippen LogP) is 8.85. The zero-order chi connectivity index (χ0) is 48.0. The van der Waals surface area contributed by atoms with Crippen LogP contribution in [0, 0.1) is 23.7 Å². The fraction of sp³-hybridized carbons (Fsp3) is 0.520. The van der Waals surface area contributed by atoms with Gasteiger partial charge in [-0.05, 0) is 101 Å². The fourth-order valence-corrected chi connectivity index (χ4v) is 6.98. The zero-order valence-electron chi connectivity index (χ0n) is 40.1. The molecule has 2 aliphatic heterocycles. The third-order valence-electron chi connectivity index (χ3n) is 9.83. The van der Waals surface area contributed by atoms with Crippen LogP contribution in [-0.2, 0) is 38.1 Å². The number of carbonyl (C=O) groups excluding carboxylic acids is 4. The summed E-state index contributed by atoms with van der Waals surface area (Å²) >= 11 is 0. The van der Waals surface area contributed by atoms with E-state index in [0.717, 1.165) is 0 Å². The Morgan fingerprint density at radius 1 is 0.484 bits per heavy atom. The quantitative estimate of drug-likeness (QED) is 0.0821. The molecule has 0 aromatic heterocycles. The molecule has 0 atom stereocenters. The summed E-state index contributed by atoms with van der Waals surface area (Å²) in [6, 6.07) is 9.67. The highest BCUT2D eigenvalue weighted by Gasteiger charge is 2.40. The Bertz CT molecular complexity index is 1880. The Morgan fingerprint density at radius 2 is 0.734 bits per heavy atom. The molecule has 352 valence electrons. The monoisotopic (exact) mass is 890 g/mol. The standard InChI is InChI=1S/2C25H35NO6/c2*1-8-30-20-11-18(9-10-19(20)27)23-21(24(28)31-12-14(2)3)16(6)26-17(7)22(23)25(29)32-13-15(4)5/h2*9-11,14-15,23,26-27H,8,12-13H2,1-7H3. The number of hydrogen-bond donors (Lipinski definition) is 4. The number of esters is 4. The van der Waals surface area contributed by atoms with Crippen molar-refractivity contribution in [2.75, 3.05) is 39.6 Å². The molecular formula is C50H70N2O12. The van der Waals surface area contributed by atoms with E-state index in [1.54, 1.807) is 52.0 Å². The van der Waals surface area contributed by atoms with Gasteiger partial charge in [0, 0.05) is 22.8 Å². The number of phenols is 2. The van der Waals surface area contributed by atoms with Crippen LogP contribution in [0.15, 0.2) is 81.5 Å². The molecule has 0 bridgehead atoms. The predicted molar refractivity (Wildman–Crippen MR) is 244 cm³/mol. The SMILES string of the molecule is CCOc1cc(C2C(C(=O)OCC(C)C)=C(C)NC(C)=C2C(=O)OCC(C)C)ccc1O.CCOc1cc(C2C(C(=O)OCC(C)C)=C(C)NC(C)=C2C(=O)OCC(C)C)ccc1O. The van der Waals surface area contributed by atoms with Crippen LogP contribution in [0.25, 0.3) is 0 Å². The van der Waals surface area contributed by atoms with Gasteiger partial charge in [0.15, 0.2) is 23.0 Å². The van der Waals surface area contributed by atoms with E-state index in [1.807, 2.05) is 69.2 Å². The summed E-state index contributed by atoms with van der Waals surface area (Å²) in [5.41, 5.74) is 5.00. The van der Waals surface area contributed by atoms with E-state index in [-0.39, 0.29) is 73.1 Å². The summed E-state index contributed by atoms with van der Waals surface area (Å²) < 4.78 is 33.2. The zero-order valence-corrected chi connectivity index (χ0v) is 40.1. The first-order valence-electron chi connectivity index (χ1n) is 22.1. The molecule has 0 saturated carbocycles. The first kappa shape index (κ1) is 52.4. The van der Waals surface area contributed by atoms with E-state index in [4.69, 9.17) is 28.4 Å². The number of rotatable bonds is 18. The maximum atomic E-state index is 13.1. The minimum Gasteiger partial charge on any atom is -0.504 e. The number of dihydropyridines is 2. The van der Waals surface area contributed by atoms with Crippen LogP contribution in [0.4, 0.5) is 0 Å². The molecule has 2 aromatic rings. The molecule has 14 heteroatoms. The second-order valence-corrected chi connectivity index (χ2v) is 17.6. The molecule has 64 heavy (non-hydrogen) atoms. The van der Waals surface area contributed by atoms with Crippen molar-refractivity contribution in [2.45, 2.75) is 109 Å². The minimum atomic E-state index is -0.726. The molecule has 4 rings (SSSR count). The van der Waals surface area contributed by atoms with Crippen molar-refractivity contribution in [3.05, 3.63) is 92.6 Å². The van der Waals surface area contributed by atoms with Crippen molar-refractivity contribution < 1.29 is 57.8 Å². The Labute approximate surface area is 379 Å². The van der Waals surface area contributed by atoms with Crippen molar-refractivity contribution in [1.29, 1.82) is 0 Å². The lowest BCUT2D eigenvalue weighted by Crippen LogP contribution is -2.33. The van der Waals surface area contributed by atoms with Gasteiger partial charge in [-0.1, -0.05) is 67.5 Å². The molecular weight excluding hydrogens is 821 g/mol. The van der Waals surface area contributed by atoms with E-state index < -0.39 is 35.7 Å². The van der Waals surface area contributed by atoms with Crippen LogP contribution in [0.2, 0.25) is 0 Å². The molecule has 2 aliphatic rings. The Balaban J connectivity index is 0.000000340. The van der Waals surface area contributed by atoms with Crippen molar-refractivity contribution in [3.63, 3.8) is 0 Å². The molecule has 0 saturated heterocycles. The number of aromatic hydroxyl groups is 2. The molecule has 14 nitrogen and oxygen atoms in total. The van der Waals surface area contributed by atoms with Gasteiger partial charge in [0.2, 0.25) is 0 Å². The van der Waals surface area contributed by atoms with Crippen LogP contribution in [-0.4, -0.2) is 73.7 Å². The smallest absolute Gasteiger partial charge is 0.336 e. The first-order chi connectivity index (χ1) is 30.1. The number of hydrogen-bond acceptors (Lipinski definition) is 14. The molecule has 4 N–H and O–H groups in total.